The fourth-order valence-electron chi connectivity index (χ4n) is 3.01. The molecule has 1 aromatic heterocycles. The van der Waals surface area contributed by atoms with Crippen molar-refractivity contribution >= 4 is 32.8 Å². The Morgan fingerprint density at radius 1 is 0.846 bits per heavy atom. The SMILES string of the molecule is O=C(O)c1ccc2nc(-c3ccccc3)c(-c3ccccc3Br)cc2c1. The summed E-state index contributed by atoms with van der Waals surface area (Å²) in [7, 11) is 0. The zero-order valence-corrected chi connectivity index (χ0v) is 15.3. The molecule has 0 unspecified atom stereocenters. The number of hydrogen-bond donors (Lipinski definition) is 1. The van der Waals surface area contributed by atoms with Crippen LogP contribution in [-0.2, 0) is 0 Å². The van der Waals surface area contributed by atoms with Crippen molar-refractivity contribution in [2.45, 2.75) is 0 Å². The number of aromatic carboxylic acids is 1. The van der Waals surface area contributed by atoms with Crippen molar-refractivity contribution in [2.75, 3.05) is 0 Å². The highest BCUT2D eigenvalue weighted by atomic mass is 79.9. The number of pyridine rings is 1. The first-order chi connectivity index (χ1) is 12.6. The molecular weight excluding hydrogens is 390 g/mol. The number of rotatable bonds is 3. The highest BCUT2D eigenvalue weighted by Crippen LogP contribution is 2.37. The molecule has 0 aliphatic carbocycles. The van der Waals surface area contributed by atoms with Gasteiger partial charge >= 0.3 is 5.97 Å². The van der Waals surface area contributed by atoms with Gasteiger partial charge in [0.1, 0.15) is 0 Å². The molecule has 0 spiro atoms. The summed E-state index contributed by atoms with van der Waals surface area (Å²) >= 11 is 3.62. The zero-order valence-electron chi connectivity index (χ0n) is 13.7. The molecule has 4 heteroatoms. The van der Waals surface area contributed by atoms with Crippen LogP contribution in [0, 0.1) is 0 Å². The van der Waals surface area contributed by atoms with Crippen LogP contribution >= 0.6 is 15.9 Å². The third-order valence-electron chi connectivity index (χ3n) is 4.27. The minimum atomic E-state index is -0.943. The van der Waals surface area contributed by atoms with E-state index in [0.29, 0.717) is 0 Å². The number of nitrogens with zero attached hydrogens (tertiary/aromatic N) is 1. The van der Waals surface area contributed by atoms with E-state index in [2.05, 4.69) is 15.9 Å². The second kappa shape index (κ2) is 6.73. The Balaban J connectivity index is 2.05. The van der Waals surface area contributed by atoms with Gasteiger partial charge in [-0.15, -0.1) is 0 Å². The van der Waals surface area contributed by atoms with Crippen LogP contribution in [0.5, 0.6) is 0 Å². The van der Waals surface area contributed by atoms with E-state index in [1.54, 1.807) is 18.2 Å². The summed E-state index contributed by atoms with van der Waals surface area (Å²) in [6.07, 6.45) is 0. The maximum absolute atomic E-state index is 11.3. The number of halogens is 1. The number of carboxylic acid groups (broad SMARTS) is 1. The Kier molecular flexibility index (Phi) is 4.27. The van der Waals surface area contributed by atoms with Crippen LogP contribution in [-0.4, -0.2) is 16.1 Å². The van der Waals surface area contributed by atoms with Gasteiger partial charge < -0.3 is 5.11 Å². The molecule has 1 N–H and O–H groups in total. The molecule has 26 heavy (non-hydrogen) atoms. The standard InChI is InChI=1S/C22H14BrNO2/c23-19-9-5-4-8-17(19)18-13-16-12-15(22(25)26)10-11-20(16)24-21(18)14-6-2-1-3-7-14/h1-13H,(H,25,26). The number of benzene rings is 3. The molecular formula is C22H14BrNO2. The smallest absolute Gasteiger partial charge is 0.335 e. The van der Waals surface area contributed by atoms with Gasteiger partial charge in [0.25, 0.3) is 0 Å². The Morgan fingerprint density at radius 3 is 2.31 bits per heavy atom. The van der Waals surface area contributed by atoms with E-state index in [4.69, 9.17) is 4.98 Å². The molecule has 0 saturated heterocycles. The van der Waals surface area contributed by atoms with Gasteiger partial charge in [-0.1, -0.05) is 64.5 Å². The maximum Gasteiger partial charge on any atom is 0.335 e. The average Bonchev–Trinajstić information content (AvgIpc) is 2.67. The molecule has 4 aromatic rings. The Labute approximate surface area is 159 Å². The Hall–Kier alpha value is -2.98. The molecule has 0 aliphatic rings. The van der Waals surface area contributed by atoms with Crippen LogP contribution in [0.15, 0.2) is 83.3 Å². The van der Waals surface area contributed by atoms with Crippen molar-refractivity contribution in [3.8, 4) is 22.4 Å². The number of hydrogen-bond acceptors (Lipinski definition) is 2. The molecule has 126 valence electrons. The van der Waals surface area contributed by atoms with Crippen LogP contribution in [0.3, 0.4) is 0 Å². The van der Waals surface area contributed by atoms with E-state index in [0.717, 1.165) is 37.8 Å². The van der Waals surface area contributed by atoms with Crippen molar-refractivity contribution in [1.82, 2.24) is 4.98 Å². The molecule has 0 aliphatic heterocycles. The number of aromatic nitrogens is 1. The molecule has 0 amide bonds. The van der Waals surface area contributed by atoms with Crippen molar-refractivity contribution in [3.05, 3.63) is 88.9 Å². The van der Waals surface area contributed by atoms with Gasteiger partial charge in [-0.2, -0.15) is 0 Å². The fraction of sp³-hybridized carbons (Fsp3) is 0. The summed E-state index contributed by atoms with van der Waals surface area (Å²) in [6, 6.07) is 25.0. The predicted molar refractivity (Wildman–Crippen MR) is 107 cm³/mol. The molecule has 3 aromatic carbocycles. The maximum atomic E-state index is 11.3. The minimum Gasteiger partial charge on any atom is -0.478 e. The van der Waals surface area contributed by atoms with E-state index in [9.17, 15) is 9.90 Å². The lowest BCUT2D eigenvalue weighted by Crippen LogP contribution is -1.97. The topological polar surface area (TPSA) is 50.2 Å². The van der Waals surface area contributed by atoms with Gasteiger partial charge in [-0.25, -0.2) is 9.78 Å². The van der Waals surface area contributed by atoms with E-state index in [1.165, 1.54) is 0 Å². The Bertz CT molecular complexity index is 1120. The summed E-state index contributed by atoms with van der Waals surface area (Å²) in [6.45, 7) is 0. The second-order valence-electron chi connectivity index (χ2n) is 5.94. The third-order valence-corrected chi connectivity index (χ3v) is 4.96. The van der Waals surface area contributed by atoms with Crippen LogP contribution < -0.4 is 0 Å². The monoisotopic (exact) mass is 403 g/mol. The predicted octanol–water partition coefficient (Wildman–Crippen LogP) is 6.03. The van der Waals surface area contributed by atoms with Gasteiger partial charge in [0, 0.05) is 21.0 Å². The average molecular weight is 404 g/mol. The lowest BCUT2D eigenvalue weighted by molar-refractivity contribution is 0.0697. The summed E-state index contributed by atoms with van der Waals surface area (Å²) in [5, 5.41) is 10.1. The van der Waals surface area contributed by atoms with E-state index >= 15 is 0 Å². The fourth-order valence-corrected chi connectivity index (χ4v) is 3.51. The zero-order chi connectivity index (χ0) is 18.1. The van der Waals surface area contributed by atoms with Crippen molar-refractivity contribution in [1.29, 1.82) is 0 Å². The van der Waals surface area contributed by atoms with Crippen LogP contribution in [0.4, 0.5) is 0 Å². The van der Waals surface area contributed by atoms with Gasteiger partial charge in [0.2, 0.25) is 0 Å². The van der Waals surface area contributed by atoms with Crippen molar-refractivity contribution < 1.29 is 9.90 Å². The summed E-state index contributed by atoms with van der Waals surface area (Å²) in [5.41, 5.74) is 4.88. The quantitative estimate of drug-likeness (QED) is 0.454. The molecule has 0 saturated carbocycles. The largest absolute Gasteiger partial charge is 0.478 e. The highest BCUT2D eigenvalue weighted by Gasteiger charge is 2.14. The van der Waals surface area contributed by atoms with Gasteiger partial charge in [0.05, 0.1) is 16.8 Å². The lowest BCUT2D eigenvalue weighted by Gasteiger charge is -2.13. The molecule has 0 radical (unpaired) electrons. The van der Waals surface area contributed by atoms with Gasteiger partial charge in [-0.05, 0) is 35.9 Å². The summed E-state index contributed by atoms with van der Waals surface area (Å²) in [5.74, 6) is -0.943. The van der Waals surface area contributed by atoms with E-state index < -0.39 is 5.97 Å². The minimum absolute atomic E-state index is 0.254. The lowest BCUT2D eigenvalue weighted by atomic mass is 9.97. The normalized spacial score (nSPS) is 10.8. The first kappa shape index (κ1) is 16.5. The van der Waals surface area contributed by atoms with E-state index in [-0.39, 0.29) is 5.56 Å². The summed E-state index contributed by atoms with van der Waals surface area (Å²) in [4.78, 5) is 16.2. The molecule has 0 bridgehead atoms. The van der Waals surface area contributed by atoms with Crippen LogP contribution in [0.1, 0.15) is 10.4 Å². The first-order valence-electron chi connectivity index (χ1n) is 8.12. The highest BCUT2D eigenvalue weighted by molar-refractivity contribution is 9.10. The Morgan fingerprint density at radius 2 is 1.58 bits per heavy atom. The third kappa shape index (κ3) is 3.00. The molecule has 4 rings (SSSR count). The molecule has 1 heterocycles. The first-order valence-corrected chi connectivity index (χ1v) is 8.91. The van der Waals surface area contributed by atoms with E-state index in [1.807, 2.05) is 60.7 Å². The van der Waals surface area contributed by atoms with Gasteiger partial charge in [0.15, 0.2) is 0 Å². The van der Waals surface area contributed by atoms with Crippen LogP contribution in [0.25, 0.3) is 33.3 Å². The number of carbonyl (C=O) groups is 1. The number of carboxylic acids is 1. The second-order valence-corrected chi connectivity index (χ2v) is 6.80. The molecule has 3 nitrogen and oxygen atoms in total. The van der Waals surface area contributed by atoms with Crippen molar-refractivity contribution in [3.63, 3.8) is 0 Å². The van der Waals surface area contributed by atoms with Crippen LogP contribution in [0.2, 0.25) is 0 Å². The van der Waals surface area contributed by atoms with Crippen molar-refractivity contribution in [2.24, 2.45) is 0 Å². The molecule has 0 atom stereocenters. The number of fused-ring (bicyclic) bond motifs is 1. The molecule has 0 fully saturated rings. The summed E-state index contributed by atoms with van der Waals surface area (Å²) < 4.78 is 0.965. The van der Waals surface area contributed by atoms with Gasteiger partial charge in [-0.3, -0.25) is 0 Å².